The summed E-state index contributed by atoms with van der Waals surface area (Å²) in [6.07, 6.45) is 5.05. The molecule has 2 heterocycles. The van der Waals surface area contributed by atoms with Crippen molar-refractivity contribution in [2.45, 2.75) is 24.7 Å². The van der Waals surface area contributed by atoms with Crippen molar-refractivity contribution in [1.82, 2.24) is 19.4 Å². The number of piperidine rings is 1. The van der Waals surface area contributed by atoms with Gasteiger partial charge in [-0.3, -0.25) is 4.79 Å². The highest BCUT2D eigenvalue weighted by atomic mass is 32.2. The summed E-state index contributed by atoms with van der Waals surface area (Å²) in [5.74, 6) is -0.199. The van der Waals surface area contributed by atoms with E-state index in [0.717, 1.165) is 18.5 Å². The third-order valence-corrected chi connectivity index (χ3v) is 7.88. The molecule has 1 N–H and O–H groups in total. The smallest absolute Gasteiger partial charge is 0.261 e. The normalized spacial score (nSPS) is 17.1. The van der Waals surface area contributed by atoms with Gasteiger partial charge >= 0.3 is 0 Å². The Morgan fingerprint density at radius 1 is 1.20 bits per heavy atom. The molecule has 1 amide bonds. The molecule has 3 aromatic rings. The molecule has 0 saturated carbocycles. The lowest BCUT2D eigenvalue weighted by Crippen LogP contribution is -2.39. The van der Waals surface area contributed by atoms with E-state index in [9.17, 15) is 18.5 Å². The zero-order valence-corrected chi connectivity index (χ0v) is 20.5. The van der Waals surface area contributed by atoms with E-state index in [4.69, 9.17) is 5.10 Å². The molecule has 1 aliphatic rings. The molecule has 0 spiro atoms. The van der Waals surface area contributed by atoms with Gasteiger partial charge in [-0.1, -0.05) is 37.3 Å². The van der Waals surface area contributed by atoms with Crippen LogP contribution in [0.4, 0.5) is 0 Å². The number of nitrogens with zero attached hydrogens (tertiary/aromatic N) is 4. The highest BCUT2D eigenvalue weighted by Crippen LogP contribution is 2.30. The second kappa shape index (κ2) is 10.3. The van der Waals surface area contributed by atoms with Gasteiger partial charge in [0.05, 0.1) is 10.6 Å². The number of benzene rings is 2. The lowest BCUT2D eigenvalue weighted by Gasteiger charge is -2.30. The minimum atomic E-state index is -3.66. The first kappa shape index (κ1) is 24.4. The van der Waals surface area contributed by atoms with Gasteiger partial charge in [0.2, 0.25) is 10.0 Å². The first-order valence-electron chi connectivity index (χ1n) is 11.4. The number of carbonyl (C=O) groups excluding carboxylic acids is 1. The number of nitrogens with one attached hydrogen (secondary N) is 1. The van der Waals surface area contributed by atoms with Crippen molar-refractivity contribution in [2.75, 3.05) is 20.1 Å². The Labute approximate surface area is 205 Å². The predicted octanol–water partition coefficient (Wildman–Crippen LogP) is 3.61. The number of hydrogen-bond acceptors (Lipinski definition) is 5. The van der Waals surface area contributed by atoms with Crippen LogP contribution in [-0.2, 0) is 14.8 Å². The second-order valence-corrected chi connectivity index (χ2v) is 10.5. The van der Waals surface area contributed by atoms with E-state index in [2.05, 4.69) is 12.2 Å². The molecule has 0 bridgehead atoms. The summed E-state index contributed by atoms with van der Waals surface area (Å²) in [7, 11) is -2.21. The van der Waals surface area contributed by atoms with Crippen molar-refractivity contribution in [3.8, 4) is 23.0 Å². The SMILES string of the molecule is CNC(=O)/C(C#N)=C/c1cn(-c2ccccc2)nc1-c1cccc(S(=O)(=O)N2CCC[C@@H](C)C2)c1. The first-order chi connectivity index (χ1) is 16.8. The first-order valence-corrected chi connectivity index (χ1v) is 12.9. The summed E-state index contributed by atoms with van der Waals surface area (Å²) >= 11 is 0. The average Bonchev–Trinajstić information content (AvgIpc) is 3.31. The van der Waals surface area contributed by atoms with Crippen LogP contribution in [0, 0.1) is 17.2 Å². The molecule has 1 aliphatic heterocycles. The molecule has 35 heavy (non-hydrogen) atoms. The van der Waals surface area contributed by atoms with Gasteiger partial charge in [-0.05, 0) is 49.1 Å². The summed E-state index contributed by atoms with van der Waals surface area (Å²) in [5.41, 5.74) is 2.28. The van der Waals surface area contributed by atoms with Gasteiger partial charge in [0, 0.05) is 37.5 Å². The number of hydrogen-bond donors (Lipinski definition) is 1. The highest BCUT2D eigenvalue weighted by Gasteiger charge is 2.29. The van der Waals surface area contributed by atoms with Crippen LogP contribution in [-0.4, -0.2) is 48.5 Å². The maximum absolute atomic E-state index is 13.4. The lowest BCUT2D eigenvalue weighted by atomic mass is 10.0. The van der Waals surface area contributed by atoms with Crippen LogP contribution in [0.1, 0.15) is 25.3 Å². The summed E-state index contributed by atoms with van der Waals surface area (Å²) < 4.78 is 29.9. The zero-order chi connectivity index (χ0) is 25.0. The fourth-order valence-corrected chi connectivity index (χ4v) is 5.83. The molecular weight excluding hydrogens is 462 g/mol. The van der Waals surface area contributed by atoms with E-state index in [1.54, 1.807) is 39.4 Å². The van der Waals surface area contributed by atoms with Gasteiger partial charge in [0.25, 0.3) is 5.91 Å². The van der Waals surface area contributed by atoms with Crippen molar-refractivity contribution in [1.29, 1.82) is 5.26 Å². The molecule has 180 valence electrons. The molecule has 0 unspecified atom stereocenters. The van der Waals surface area contributed by atoms with Crippen LogP contribution < -0.4 is 5.32 Å². The number of carbonyl (C=O) groups is 1. The van der Waals surface area contributed by atoms with Crippen molar-refractivity contribution < 1.29 is 13.2 Å². The van der Waals surface area contributed by atoms with Crippen LogP contribution in [0.25, 0.3) is 23.0 Å². The van der Waals surface area contributed by atoms with E-state index in [1.807, 2.05) is 36.4 Å². The molecule has 8 nitrogen and oxygen atoms in total. The van der Waals surface area contributed by atoms with Crippen LogP contribution in [0.2, 0.25) is 0 Å². The number of nitriles is 1. The molecule has 1 atom stereocenters. The van der Waals surface area contributed by atoms with Gasteiger partial charge in [-0.15, -0.1) is 0 Å². The van der Waals surface area contributed by atoms with Crippen LogP contribution >= 0.6 is 0 Å². The Morgan fingerprint density at radius 3 is 2.66 bits per heavy atom. The topological polar surface area (TPSA) is 108 Å². The Morgan fingerprint density at radius 2 is 1.97 bits per heavy atom. The molecule has 1 saturated heterocycles. The standard InChI is InChI=1S/C26H27N5O3S/c1-19-8-7-13-30(17-19)35(33,34)24-12-6-9-20(15-24)25-22(14-21(16-27)26(32)28-2)18-31(29-25)23-10-4-3-5-11-23/h3-6,9-12,14-15,18-19H,7-8,13,17H2,1-2H3,(H,28,32)/b21-14+/t19-/m1/s1. The van der Waals surface area contributed by atoms with Gasteiger partial charge in [0.1, 0.15) is 17.3 Å². The Balaban J connectivity index is 1.82. The summed E-state index contributed by atoms with van der Waals surface area (Å²) in [5, 5.41) is 16.7. The minimum Gasteiger partial charge on any atom is -0.354 e. The molecule has 0 radical (unpaired) electrons. The van der Waals surface area contributed by atoms with Crippen LogP contribution in [0.5, 0.6) is 0 Å². The zero-order valence-electron chi connectivity index (χ0n) is 19.7. The minimum absolute atomic E-state index is 0.0764. The molecule has 1 fully saturated rings. The van der Waals surface area contributed by atoms with Gasteiger partial charge in [0.15, 0.2) is 0 Å². The fraction of sp³-hybridized carbons (Fsp3) is 0.269. The number of para-hydroxylation sites is 1. The van der Waals surface area contributed by atoms with Crippen molar-refractivity contribution in [3.63, 3.8) is 0 Å². The summed E-state index contributed by atoms with van der Waals surface area (Å²) in [6.45, 7) is 3.07. The third kappa shape index (κ3) is 5.19. The maximum atomic E-state index is 13.4. The van der Waals surface area contributed by atoms with Gasteiger partial charge < -0.3 is 5.32 Å². The summed E-state index contributed by atoms with van der Waals surface area (Å²) in [6, 6.07) is 18.0. The Bertz CT molecular complexity index is 1400. The predicted molar refractivity (Wildman–Crippen MR) is 134 cm³/mol. The van der Waals surface area contributed by atoms with Gasteiger partial charge in [-0.2, -0.15) is 14.7 Å². The quantitative estimate of drug-likeness (QED) is 0.420. The number of sulfonamides is 1. The molecule has 2 aromatic carbocycles. The number of rotatable bonds is 6. The molecule has 4 rings (SSSR count). The Hall–Kier alpha value is -3.74. The molecule has 1 aromatic heterocycles. The highest BCUT2D eigenvalue weighted by molar-refractivity contribution is 7.89. The second-order valence-electron chi connectivity index (χ2n) is 8.60. The van der Waals surface area contributed by atoms with Crippen LogP contribution in [0.15, 0.2) is 71.3 Å². The number of likely N-dealkylation sites (N-methyl/N-ethyl adjacent to an activating group) is 1. The van der Waals surface area contributed by atoms with E-state index in [-0.39, 0.29) is 10.5 Å². The van der Waals surface area contributed by atoms with Crippen molar-refractivity contribution in [3.05, 3.63) is 71.9 Å². The van der Waals surface area contributed by atoms with E-state index >= 15 is 0 Å². The van der Waals surface area contributed by atoms with Crippen molar-refractivity contribution >= 4 is 22.0 Å². The fourth-order valence-electron chi connectivity index (χ4n) is 4.19. The monoisotopic (exact) mass is 489 g/mol. The summed E-state index contributed by atoms with van der Waals surface area (Å²) in [4.78, 5) is 12.3. The van der Waals surface area contributed by atoms with E-state index in [1.165, 1.54) is 13.1 Å². The third-order valence-electron chi connectivity index (χ3n) is 6.02. The van der Waals surface area contributed by atoms with Crippen molar-refractivity contribution in [2.24, 2.45) is 5.92 Å². The van der Waals surface area contributed by atoms with E-state index in [0.29, 0.717) is 35.8 Å². The Kier molecular flexibility index (Phi) is 7.15. The lowest BCUT2D eigenvalue weighted by molar-refractivity contribution is -0.116. The maximum Gasteiger partial charge on any atom is 0.261 e. The van der Waals surface area contributed by atoms with E-state index < -0.39 is 15.9 Å². The van der Waals surface area contributed by atoms with Crippen LogP contribution in [0.3, 0.4) is 0 Å². The largest absolute Gasteiger partial charge is 0.354 e. The number of aromatic nitrogens is 2. The molecule has 0 aliphatic carbocycles. The molecular formula is C26H27N5O3S. The molecule has 9 heteroatoms. The number of amides is 1. The average molecular weight is 490 g/mol. The van der Waals surface area contributed by atoms with Gasteiger partial charge in [-0.25, -0.2) is 13.1 Å².